The van der Waals surface area contributed by atoms with Gasteiger partial charge in [-0.15, -0.1) is 0 Å². The van der Waals surface area contributed by atoms with E-state index in [4.69, 9.17) is 10.2 Å². The Hall–Kier alpha value is -1.10. The molecule has 0 aliphatic heterocycles. The fourth-order valence-corrected chi connectivity index (χ4v) is 2.43. The summed E-state index contributed by atoms with van der Waals surface area (Å²) in [6.07, 6.45) is 3.04. The molecule has 5 nitrogen and oxygen atoms in total. The van der Waals surface area contributed by atoms with Gasteiger partial charge in [0.15, 0.2) is 0 Å². The van der Waals surface area contributed by atoms with Crippen molar-refractivity contribution >= 4 is 11.9 Å². The first-order valence-corrected chi connectivity index (χ1v) is 5.01. The Kier molecular flexibility index (Phi) is 4.74. The van der Waals surface area contributed by atoms with Gasteiger partial charge < -0.3 is 15.7 Å². The van der Waals surface area contributed by atoms with Gasteiger partial charge in [0.05, 0.1) is 11.3 Å². The molecule has 0 saturated heterocycles. The molecule has 1 saturated carbocycles. The van der Waals surface area contributed by atoms with Crippen molar-refractivity contribution in [2.24, 2.45) is 11.3 Å². The number of carbonyl (C=O) groups is 2. The van der Waals surface area contributed by atoms with Crippen molar-refractivity contribution in [2.45, 2.75) is 39.0 Å². The first kappa shape index (κ1) is 13.9. The zero-order valence-corrected chi connectivity index (χ0v) is 8.82. The number of hydrogen-bond acceptors (Lipinski definition) is 2. The van der Waals surface area contributed by atoms with Gasteiger partial charge in [0.25, 0.3) is 0 Å². The van der Waals surface area contributed by atoms with Gasteiger partial charge >= 0.3 is 11.9 Å². The lowest BCUT2D eigenvalue weighted by Crippen LogP contribution is -2.44. The predicted molar refractivity (Wildman–Crippen MR) is 53.6 cm³/mol. The van der Waals surface area contributed by atoms with Crippen LogP contribution in [0.15, 0.2) is 0 Å². The van der Waals surface area contributed by atoms with E-state index in [1.54, 1.807) is 6.92 Å². The van der Waals surface area contributed by atoms with Gasteiger partial charge in [0.2, 0.25) is 0 Å². The smallest absolute Gasteiger partial charge is 0.310 e. The highest BCUT2D eigenvalue weighted by molar-refractivity contribution is 5.83. The molecule has 0 bridgehead atoms. The molecular formula is C10H18O5. The molecule has 1 aliphatic carbocycles. The maximum absolute atomic E-state index is 11.2. The van der Waals surface area contributed by atoms with E-state index < -0.39 is 23.3 Å². The summed E-state index contributed by atoms with van der Waals surface area (Å²) in [4.78, 5) is 22.1. The Balaban J connectivity index is 0.00000196. The Morgan fingerprint density at radius 2 is 1.93 bits per heavy atom. The summed E-state index contributed by atoms with van der Waals surface area (Å²) in [6, 6.07) is 0. The molecule has 1 rings (SSSR count). The highest BCUT2D eigenvalue weighted by Crippen LogP contribution is 2.44. The topological polar surface area (TPSA) is 106 Å². The van der Waals surface area contributed by atoms with E-state index in [2.05, 4.69) is 0 Å². The van der Waals surface area contributed by atoms with E-state index in [0.29, 0.717) is 19.3 Å². The number of carboxylic acid groups (broad SMARTS) is 2. The second kappa shape index (κ2) is 5.11. The van der Waals surface area contributed by atoms with E-state index in [0.717, 1.165) is 12.8 Å². The van der Waals surface area contributed by atoms with Gasteiger partial charge in [0, 0.05) is 0 Å². The highest BCUT2D eigenvalue weighted by Gasteiger charge is 2.49. The Labute approximate surface area is 88.4 Å². The predicted octanol–water partition coefficient (Wildman–Crippen LogP) is 0.917. The third-order valence-electron chi connectivity index (χ3n) is 3.39. The van der Waals surface area contributed by atoms with E-state index in [1.807, 2.05) is 0 Å². The van der Waals surface area contributed by atoms with E-state index in [-0.39, 0.29) is 5.48 Å². The molecule has 0 heterocycles. The van der Waals surface area contributed by atoms with Crippen molar-refractivity contribution in [3.05, 3.63) is 0 Å². The zero-order chi connectivity index (χ0) is 10.8. The van der Waals surface area contributed by atoms with Gasteiger partial charge in [-0.1, -0.05) is 19.8 Å². The molecule has 5 heteroatoms. The normalized spacial score (nSPS) is 30.3. The van der Waals surface area contributed by atoms with Crippen LogP contribution in [0.3, 0.4) is 0 Å². The van der Waals surface area contributed by atoms with Gasteiger partial charge in [-0.25, -0.2) is 0 Å². The molecule has 0 aromatic rings. The first-order valence-electron chi connectivity index (χ1n) is 5.01. The minimum absolute atomic E-state index is 0. The molecule has 4 N–H and O–H groups in total. The second-order valence-corrected chi connectivity index (χ2v) is 3.95. The van der Waals surface area contributed by atoms with Crippen LogP contribution in [0.1, 0.15) is 39.0 Å². The average Bonchev–Trinajstić information content (AvgIpc) is 2.17. The molecule has 0 aromatic heterocycles. The van der Waals surface area contributed by atoms with Crippen molar-refractivity contribution in [1.82, 2.24) is 0 Å². The number of aliphatic carboxylic acids is 2. The number of carboxylic acids is 2. The van der Waals surface area contributed by atoms with Crippen molar-refractivity contribution in [3.8, 4) is 0 Å². The Morgan fingerprint density at radius 3 is 2.27 bits per heavy atom. The van der Waals surface area contributed by atoms with Crippen LogP contribution in [0.25, 0.3) is 0 Å². The van der Waals surface area contributed by atoms with Crippen LogP contribution in [-0.4, -0.2) is 27.6 Å². The number of rotatable bonds is 3. The molecule has 0 radical (unpaired) electrons. The lowest BCUT2D eigenvalue weighted by molar-refractivity contribution is -0.166. The molecule has 88 valence electrons. The highest BCUT2D eigenvalue weighted by atomic mass is 16.4. The molecule has 2 unspecified atom stereocenters. The largest absolute Gasteiger partial charge is 0.481 e. The van der Waals surface area contributed by atoms with Crippen molar-refractivity contribution in [1.29, 1.82) is 0 Å². The molecule has 1 fully saturated rings. The first-order chi connectivity index (χ1) is 6.54. The number of hydrogen-bond donors (Lipinski definition) is 2. The minimum atomic E-state index is -1.02. The summed E-state index contributed by atoms with van der Waals surface area (Å²) < 4.78 is 0. The molecule has 2 atom stereocenters. The Morgan fingerprint density at radius 1 is 1.33 bits per heavy atom. The van der Waals surface area contributed by atoms with Crippen LogP contribution in [0.4, 0.5) is 0 Å². The summed E-state index contributed by atoms with van der Waals surface area (Å²) in [5.41, 5.74) is -1.02. The van der Waals surface area contributed by atoms with Gasteiger partial charge in [-0.2, -0.15) is 0 Å². The van der Waals surface area contributed by atoms with Crippen LogP contribution in [0, 0.1) is 11.3 Å². The van der Waals surface area contributed by atoms with Gasteiger partial charge in [0.1, 0.15) is 0 Å². The lowest BCUT2D eigenvalue weighted by Gasteiger charge is -2.37. The summed E-state index contributed by atoms with van der Waals surface area (Å²) in [6.45, 7) is 1.76. The monoisotopic (exact) mass is 218 g/mol. The van der Waals surface area contributed by atoms with Crippen molar-refractivity contribution in [2.75, 3.05) is 0 Å². The van der Waals surface area contributed by atoms with Crippen molar-refractivity contribution in [3.63, 3.8) is 0 Å². The van der Waals surface area contributed by atoms with Crippen LogP contribution in [-0.2, 0) is 9.59 Å². The fraction of sp³-hybridized carbons (Fsp3) is 0.800. The summed E-state index contributed by atoms with van der Waals surface area (Å²) >= 11 is 0. The summed E-state index contributed by atoms with van der Waals surface area (Å²) in [5, 5.41) is 18.1. The molecule has 0 amide bonds. The SMILES string of the molecule is CCC1(C(=O)O)CCCCC1C(=O)O.O. The quantitative estimate of drug-likeness (QED) is 0.734. The summed E-state index contributed by atoms with van der Waals surface area (Å²) in [7, 11) is 0. The van der Waals surface area contributed by atoms with E-state index >= 15 is 0 Å². The standard InChI is InChI=1S/C10H16O4.H2O/c1-2-10(9(13)14)6-4-3-5-7(10)8(11)12;/h7H,2-6H2,1H3,(H,11,12)(H,13,14);1H2. The van der Waals surface area contributed by atoms with E-state index in [1.165, 1.54) is 0 Å². The summed E-state index contributed by atoms with van der Waals surface area (Å²) in [5.74, 6) is -2.63. The maximum Gasteiger partial charge on any atom is 0.310 e. The van der Waals surface area contributed by atoms with Crippen LogP contribution < -0.4 is 0 Å². The maximum atomic E-state index is 11.2. The average molecular weight is 218 g/mol. The van der Waals surface area contributed by atoms with Gasteiger partial charge in [-0.3, -0.25) is 9.59 Å². The third kappa shape index (κ3) is 2.28. The molecule has 0 spiro atoms. The fourth-order valence-electron chi connectivity index (χ4n) is 2.43. The molecule has 1 aliphatic rings. The molecular weight excluding hydrogens is 200 g/mol. The van der Waals surface area contributed by atoms with E-state index in [9.17, 15) is 9.59 Å². The second-order valence-electron chi connectivity index (χ2n) is 3.95. The van der Waals surface area contributed by atoms with Crippen LogP contribution in [0.2, 0.25) is 0 Å². The molecule has 0 aromatic carbocycles. The van der Waals surface area contributed by atoms with Crippen molar-refractivity contribution < 1.29 is 25.3 Å². The minimum Gasteiger partial charge on any atom is -0.481 e. The zero-order valence-electron chi connectivity index (χ0n) is 8.82. The third-order valence-corrected chi connectivity index (χ3v) is 3.39. The van der Waals surface area contributed by atoms with Gasteiger partial charge in [-0.05, 0) is 19.3 Å². The lowest BCUT2D eigenvalue weighted by atomic mass is 9.64. The van der Waals surface area contributed by atoms with Crippen LogP contribution >= 0.6 is 0 Å². The molecule has 15 heavy (non-hydrogen) atoms. The Bertz CT molecular complexity index is 250. The van der Waals surface area contributed by atoms with Crippen LogP contribution in [0.5, 0.6) is 0 Å².